The van der Waals surface area contributed by atoms with Crippen molar-refractivity contribution in [2.45, 2.75) is 0 Å². The summed E-state index contributed by atoms with van der Waals surface area (Å²) in [7, 11) is 0. The van der Waals surface area contributed by atoms with E-state index >= 15 is 0 Å². The summed E-state index contributed by atoms with van der Waals surface area (Å²) < 4.78 is 15.1. The fraction of sp³-hybridized carbons (Fsp3) is 0. The van der Waals surface area contributed by atoms with Crippen LogP contribution in [0, 0.1) is 5.82 Å². The van der Waals surface area contributed by atoms with Gasteiger partial charge in [0, 0.05) is 17.6 Å². The van der Waals surface area contributed by atoms with Crippen LogP contribution in [-0.4, -0.2) is 16.1 Å². The molecular weight excluding hydrogens is 231 g/mol. The van der Waals surface area contributed by atoms with E-state index in [2.05, 4.69) is 5.10 Å². The van der Waals surface area contributed by atoms with Crippen LogP contribution >= 0.6 is 0 Å². The number of hydrogen-bond acceptors (Lipinski definition) is 2. The third kappa shape index (κ3) is 1.68. The number of hydrogen-bond donors (Lipinski definition) is 0. The number of halogens is 1. The van der Waals surface area contributed by atoms with E-state index in [1.54, 1.807) is 10.7 Å². The zero-order chi connectivity index (χ0) is 12.5. The predicted molar refractivity (Wildman–Crippen MR) is 66.4 cm³/mol. The first-order chi connectivity index (χ1) is 8.78. The van der Waals surface area contributed by atoms with Crippen molar-refractivity contribution in [3.8, 4) is 5.69 Å². The SMILES string of the molecule is O=Cc1ccc(-n2cc3ccccc3n2)cc1F. The fourth-order valence-corrected chi connectivity index (χ4v) is 1.85. The zero-order valence-corrected chi connectivity index (χ0v) is 9.38. The van der Waals surface area contributed by atoms with Crippen LogP contribution in [0.3, 0.4) is 0 Å². The molecule has 0 fully saturated rings. The van der Waals surface area contributed by atoms with Crippen LogP contribution < -0.4 is 0 Å². The lowest BCUT2D eigenvalue weighted by Crippen LogP contribution is -1.97. The van der Waals surface area contributed by atoms with Gasteiger partial charge in [-0.15, -0.1) is 0 Å². The minimum Gasteiger partial charge on any atom is -0.298 e. The van der Waals surface area contributed by atoms with E-state index in [9.17, 15) is 9.18 Å². The van der Waals surface area contributed by atoms with Crippen LogP contribution in [0.15, 0.2) is 48.7 Å². The number of fused-ring (bicyclic) bond motifs is 1. The third-order valence-corrected chi connectivity index (χ3v) is 2.79. The first kappa shape index (κ1) is 10.7. The summed E-state index contributed by atoms with van der Waals surface area (Å²) in [6.07, 6.45) is 2.32. The number of carbonyl (C=O) groups is 1. The van der Waals surface area contributed by atoms with E-state index in [4.69, 9.17) is 0 Å². The summed E-state index contributed by atoms with van der Waals surface area (Å²) in [4.78, 5) is 10.6. The standard InChI is InChI=1S/C14H9FN2O/c15-13-7-12(6-5-11(13)9-18)17-8-10-3-1-2-4-14(10)16-17/h1-9H. The molecule has 0 aliphatic heterocycles. The maximum absolute atomic E-state index is 13.5. The van der Waals surface area contributed by atoms with E-state index in [-0.39, 0.29) is 5.56 Å². The average Bonchev–Trinajstić information content (AvgIpc) is 2.82. The summed E-state index contributed by atoms with van der Waals surface area (Å²) >= 11 is 0. The highest BCUT2D eigenvalue weighted by molar-refractivity contribution is 5.79. The molecule has 3 nitrogen and oxygen atoms in total. The minimum atomic E-state index is -0.540. The van der Waals surface area contributed by atoms with E-state index in [1.165, 1.54) is 12.1 Å². The molecule has 0 aliphatic carbocycles. The predicted octanol–water partition coefficient (Wildman–Crippen LogP) is 2.98. The Morgan fingerprint density at radius 2 is 2.00 bits per heavy atom. The second kappa shape index (κ2) is 4.07. The first-order valence-corrected chi connectivity index (χ1v) is 5.47. The molecule has 3 rings (SSSR count). The largest absolute Gasteiger partial charge is 0.298 e. The van der Waals surface area contributed by atoms with Gasteiger partial charge in [-0.05, 0) is 18.2 Å². The van der Waals surface area contributed by atoms with Gasteiger partial charge in [-0.2, -0.15) is 5.10 Å². The number of rotatable bonds is 2. The van der Waals surface area contributed by atoms with Crippen LogP contribution in [-0.2, 0) is 0 Å². The molecular formula is C14H9FN2O. The molecule has 4 heteroatoms. The number of carbonyl (C=O) groups excluding carboxylic acids is 1. The van der Waals surface area contributed by atoms with Crippen molar-refractivity contribution in [3.63, 3.8) is 0 Å². The van der Waals surface area contributed by atoms with E-state index in [0.29, 0.717) is 12.0 Å². The van der Waals surface area contributed by atoms with Crippen molar-refractivity contribution >= 4 is 17.2 Å². The smallest absolute Gasteiger partial charge is 0.152 e. The summed E-state index contributed by atoms with van der Waals surface area (Å²) in [5.41, 5.74) is 1.49. The number of aldehydes is 1. The molecule has 1 heterocycles. The van der Waals surface area contributed by atoms with Gasteiger partial charge >= 0.3 is 0 Å². The van der Waals surface area contributed by atoms with Crippen molar-refractivity contribution < 1.29 is 9.18 Å². The molecule has 0 aliphatic rings. The number of aromatic nitrogens is 2. The van der Waals surface area contributed by atoms with Gasteiger partial charge in [0.1, 0.15) is 5.82 Å². The van der Waals surface area contributed by atoms with Gasteiger partial charge in [-0.25, -0.2) is 9.07 Å². The Balaban J connectivity index is 2.14. The summed E-state index contributed by atoms with van der Waals surface area (Å²) in [6, 6.07) is 12.1. The molecule has 0 unspecified atom stereocenters. The second-order valence-electron chi connectivity index (χ2n) is 3.96. The van der Waals surface area contributed by atoms with Crippen molar-refractivity contribution in [1.29, 1.82) is 0 Å². The number of nitrogens with zero attached hydrogens (tertiary/aromatic N) is 2. The molecule has 18 heavy (non-hydrogen) atoms. The summed E-state index contributed by atoms with van der Waals surface area (Å²) in [6.45, 7) is 0. The van der Waals surface area contributed by atoms with E-state index in [1.807, 2.05) is 30.5 Å². The van der Waals surface area contributed by atoms with E-state index < -0.39 is 5.82 Å². The van der Waals surface area contributed by atoms with Crippen LogP contribution in [0.2, 0.25) is 0 Å². The van der Waals surface area contributed by atoms with Crippen LogP contribution in [0.5, 0.6) is 0 Å². The van der Waals surface area contributed by atoms with Crippen molar-refractivity contribution in [1.82, 2.24) is 9.78 Å². The third-order valence-electron chi connectivity index (χ3n) is 2.79. The summed E-state index contributed by atoms with van der Waals surface area (Å²) in [5.74, 6) is -0.540. The van der Waals surface area contributed by atoms with Gasteiger partial charge in [0.15, 0.2) is 6.29 Å². The van der Waals surface area contributed by atoms with Crippen LogP contribution in [0.4, 0.5) is 4.39 Å². The maximum atomic E-state index is 13.5. The summed E-state index contributed by atoms with van der Waals surface area (Å²) in [5, 5.41) is 5.32. The highest BCUT2D eigenvalue weighted by atomic mass is 19.1. The molecule has 0 bridgehead atoms. The van der Waals surface area contributed by atoms with Gasteiger partial charge in [0.2, 0.25) is 0 Å². The van der Waals surface area contributed by atoms with Gasteiger partial charge in [-0.1, -0.05) is 18.2 Å². The van der Waals surface area contributed by atoms with Crippen molar-refractivity contribution in [3.05, 3.63) is 60.0 Å². The van der Waals surface area contributed by atoms with Gasteiger partial charge in [-0.3, -0.25) is 4.79 Å². The Kier molecular flexibility index (Phi) is 2.41. The Morgan fingerprint density at radius 1 is 1.17 bits per heavy atom. The molecule has 0 N–H and O–H groups in total. The highest BCUT2D eigenvalue weighted by Gasteiger charge is 2.06. The minimum absolute atomic E-state index is 0.0514. The normalized spacial score (nSPS) is 10.7. The average molecular weight is 240 g/mol. The quantitative estimate of drug-likeness (QED) is 0.645. The lowest BCUT2D eigenvalue weighted by molar-refractivity contribution is 0.112. The molecule has 3 aromatic rings. The van der Waals surface area contributed by atoms with Gasteiger partial charge in [0.25, 0.3) is 0 Å². The lowest BCUT2D eigenvalue weighted by Gasteiger charge is -2.01. The lowest BCUT2D eigenvalue weighted by atomic mass is 10.2. The molecule has 0 saturated heterocycles. The molecule has 0 spiro atoms. The highest BCUT2D eigenvalue weighted by Crippen LogP contribution is 2.17. The van der Waals surface area contributed by atoms with Crippen molar-refractivity contribution in [2.24, 2.45) is 0 Å². The molecule has 0 amide bonds. The second-order valence-corrected chi connectivity index (χ2v) is 3.96. The molecule has 0 radical (unpaired) electrons. The zero-order valence-electron chi connectivity index (χ0n) is 9.38. The first-order valence-electron chi connectivity index (χ1n) is 5.47. The molecule has 1 aromatic heterocycles. The Hall–Kier alpha value is -2.49. The Labute approximate surface area is 102 Å². The number of benzene rings is 2. The van der Waals surface area contributed by atoms with E-state index in [0.717, 1.165) is 10.9 Å². The fourth-order valence-electron chi connectivity index (χ4n) is 1.85. The van der Waals surface area contributed by atoms with Gasteiger partial charge < -0.3 is 0 Å². The molecule has 0 atom stereocenters. The molecule has 0 saturated carbocycles. The Bertz CT molecular complexity index is 700. The van der Waals surface area contributed by atoms with Crippen molar-refractivity contribution in [2.75, 3.05) is 0 Å². The Morgan fingerprint density at radius 3 is 2.72 bits per heavy atom. The molecule has 88 valence electrons. The van der Waals surface area contributed by atoms with Crippen LogP contribution in [0.1, 0.15) is 10.4 Å². The topological polar surface area (TPSA) is 34.9 Å². The maximum Gasteiger partial charge on any atom is 0.152 e. The monoisotopic (exact) mass is 240 g/mol. The van der Waals surface area contributed by atoms with Gasteiger partial charge in [0.05, 0.1) is 16.8 Å². The van der Waals surface area contributed by atoms with Crippen LogP contribution in [0.25, 0.3) is 16.6 Å². The molecule has 2 aromatic carbocycles.